The van der Waals surface area contributed by atoms with Crippen molar-refractivity contribution >= 4 is 18.4 Å². The van der Waals surface area contributed by atoms with Crippen molar-refractivity contribution in [2.24, 2.45) is 0 Å². The molecular formula is C16H14O. The second kappa shape index (κ2) is 5.26. The predicted octanol–water partition coefficient (Wildman–Crippen LogP) is 3.98. The minimum Gasteiger partial charge on any atom is -0.298 e. The van der Waals surface area contributed by atoms with Crippen molar-refractivity contribution in [2.45, 2.75) is 6.92 Å². The molecule has 0 aromatic heterocycles. The lowest BCUT2D eigenvalue weighted by molar-refractivity contribution is 0.112. The van der Waals surface area contributed by atoms with E-state index in [4.69, 9.17) is 0 Å². The number of rotatable bonds is 3. The number of carbonyl (C=O) groups excluding carboxylic acids is 1. The van der Waals surface area contributed by atoms with Crippen molar-refractivity contribution in [1.82, 2.24) is 0 Å². The van der Waals surface area contributed by atoms with Gasteiger partial charge in [0.2, 0.25) is 0 Å². The van der Waals surface area contributed by atoms with Crippen LogP contribution in [-0.4, -0.2) is 6.29 Å². The van der Waals surface area contributed by atoms with E-state index < -0.39 is 0 Å². The molecular weight excluding hydrogens is 208 g/mol. The summed E-state index contributed by atoms with van der Waals surface area (Å²) in [4.78, 5) is 10.8. The SMILES string of the molecule is Cc1cc(C=O)cc(C=Cc2ccccc2)c1. The molecule has 0 N–H and O–H groups in total. The largest absolute Gasteiger partial charge is 0.298 e. The minimum absolute atomic E-state index is 0.720. The molecule has 0 radical (unpaired) electrons. The fourth-order valence-corrected chi connectivity index (χ4v) is 1.76. The van der Waals surface area contributed by atoms with Crippen LogP contribution in [0.3, 0.4) is 0 Å². The topological polar surface area (TPSA) is 17.1 Å². The smallest absolute Gasteiger partial charge is 0.150 e. The Kier molecular flexibility index (Phi) is 3.51. The van der Waals surface area contributed by atoms with Crippen molar-refractivity contribution in [3.63, 3.8) is 0 Å². The number of hydrogen-bond donors (Lipinski definition) is 0. The molecule has 84 valence electrons. The summed E-state index contributed by atoms with van der Waals surface area (Å²) in [7, 11) is 0. The van der Waals surface area contributed by atoms with Gasteiger partial charge < -0.3 is 0 Å². The summed E-state index contributed by atoms with van der Waals surface area (Å²) >= 11 is 0. The fourth-order valence-electron chi connectivity index (χ4n) is 1.76. The first-order chi connectivity index (χ1) is 8.28. The maximum Gasteiger partial charge on any atom is 0.150 e. The van der Waals surface area contributed by atoms with Gasteiger partial charge in [-0.25, -0.2) is 0 Å². The van der Waals surface area contributed by atoms with E-state index >= 15 is 0 Å². The molecule has 0 aliphatic rings. The van der Waals surface area contributed by atoms with Crippen molar-refractivity contribution < 1.29 is 4.79 Å². The number of hydrogen-bond acceptors (Lipinski definition) is 1. The second-order valence-electron chi connectivity index (χ2n) is 4.04. The molecule has 0 aliphatic carbocycles. The lowest BCUT2D eigenvalue weighted by Gasteiger charge is -1.99. The zero-order chi connectivity index (χ0) is 12.1. The normalized spacial score (nSPS) is 10.6. The van der Waals surface area contributed by atoms with E-state index in [1.54, 1.807) is 0 Å². The van der Waals surface area contributed by atoms with Gasteiger partial charge in [0.1, 0.15) is 6.29 Å². The highest BCUT2D eigenvalue weighted by atomic mass is 16.1. The van der Waals surface area contributed by atoms with Gasteiger partial charge in [0.15, 0.2) is 0 Å². The van der Waals surface area contributed by atoms with E-state index in [-0.39, 0.29) is 0 Å². The van der Waals surface area contributed by atoms with Gasteiger partial charge in [-0.1, -0.05) is 48.6 Å². The zero-order valence-corrected chi connectivity index (χ0v) is 9.76. The summed E-state index contributed by atoms with van der Waals surface area (Å²) < 4.78 is 0. The summed E-state index contributed by atoms with van der Waals surface area (Å²) in [6.07, 6.45) is 4.95. The van der Waals surface area contributed by atoms with Gasteiger partial charge in [-0.05, 0) is 35.7 Å². The Balaban J connectivity index is 2.27. The van der Waals surface area contributed by atoms with E-state index in [1.807, 2.05) is 61.5 Å². The van der Waals surface area contributed by atoms with Crippen molar-refractivity contribution in [2.75, 3.05) is 0 Å². The zero-order valence-electron chi connectivity index (χ0n) is 9.76. The molecule has 2 aromatic rings. The van der Waals surface area contributed by atoms with Crippen LogP contribution in [0.15, 0.2) is 48.5 Å². The number of aldehydes is 1. The highest BCUT2D eigenvalue weighted by molar-refractivity contribution is 5.78. The summed E-state index contributed by atoms with van der Waals surface area (Å²) in [6.45, 7) is 1.99. The molecule has 0 aliphatic heterocycles. The molecule has 0 fully saturated rings. The lowest BCUT2D eigenvalue weighted by Crippen LogP contribution is -1.84. The van der Waals surface area contributed by atoms with Crippen LogP contribution in [-0.2, 0) is 0 Å². The Morgan fingerprint density at radius 3 is 2.18 bits per heavy atom. The standard InChI is InChI=1S/C16H14O/c1-13-9-15(11-16(10-13)12-17)8-7-14-5-3-2-4-6-14/h2-12H,1H3. The van der Waals surface area contributed by atoms with Gasteiger partial charge >= 0.3 is 0 Å². The van der Waals surface area contributed by atoms with Gasteiger partial charge in [0.25, 0.3) is 0 Å². The molecule has 0 saturated heterocycles. The summed E-state index contributed by atoms with van der Waals surface area (Å²) in [6, 6.07) is 15.9. The Morgan fingerprint density at radius 2 is 1.47 bits per heavy atom. The second-order valence-corrected chi connectivity index (χ2v) is 4.04. The first kappa shape index (κ1) is 11.3. The van der Waals surface area contributed by atoms with Gasteiger partial charge in [-0.2, -0.15) is 0 Å². The highest BCUT2D eigenvalue weighted by Gasteiger charge is 1.94. The number of benzene rings is 2. The molecule has 0 amide bonds. The van der Waals surface area contributed by atoms with Crippen LogP contribution in [0.5, 0.6) is 0 Å². The van der Waals surface area contributed by atoms with Crippen LogP contribution in [0.4, 0.5) is 0 Å². The average molecular weight is 222 g/mol. The third-order valence-electron chi connectivity index (χ3n) is 2.53. The molecule has 0 saturated carbocycles. The van der Waals surface area contributed by atoms with E-state index in [0.717, 1.165) is 28.5 Å². The Hall–Kier alpha value is -2.15. The number of aryl methyl sites for hydroxylation is 1. The third-order valence-corrected chi connectivity index (χ3v) is 2.53. The van der Waals surface area contributed by atoms with E-state index in [1.165, 1.54) is 0 Å². The van der Waals surface area contributed by atoms with Crippen LogP contribution in [0.25, 0.3) is 12.2 Å². The van der Waals surface area contributed by atoms with E-state index in [0.29, 0.717) is 0 Å². The first-order valence-corrected chi connectivity index (χ1v) is 5.58. The quantitative estimate of drug-likeness (QED) is 0.567. The van der Waals surface area contributed by atoms with Gasteiger partial charge in [-0.3, -0.25) is 4.79 Å². The molecule has 0 spiro atoms. The van der Waals surface area contributed by atoms with Crippen LogP contribution < -0.4 is 0 Å². The molecule has 0 atom stereocenters. The van der Waals surface area contributed by atoms with E-state index in [2.05, 4.69) is 6.07 Å². The maximum atomic E-state index is 10.8. The Morgan fingerprint density at radius 1 is 0.824 bits per heavy atom. The molecule has 2 rings (SSSR count). The third kappa shape index (κ3) is 3.15. The molecule has 0 bridgehead atoms. The van der Waals surface area contributed by atoms with Crippen molar-refractivity contribution in [3.8, 4) is 0 Å². The summed E-state index contributed by atoms with van der Waals surface area (Å²) in [5, 5.41) is 0. The molecule has 0 heterocycles. The summed E-state index contributed by atoms with van der Waals surface area (Å²) in [5.41, 5.74) is 4.03. The van der Waals surface area contributed by atoms with Crippen LogP contribution in [0.2, 0.25) is 0 Å². The molecule has 0 unspecified atom stereocenters. The lowest BCUT2D eigenvalue weighted by atomic mass is 10.1. The van der Waals surface area contributed by atoms with Gasteiger partial charge in [0.05, 0.1) is 0 Å². The molecule has 17 heavy (non-hydrogen) atoms. The Bertz CT molecular complexity index is 539. The minimum atomic E-state index is 0.720. The predicted molar refractivity (Wildman–Crippen MR) is 71.9 cm³/mol. The Labute approximate surface area is 101 Å². The highest BCUT2D eigenvalue weighted by Crippen LogP contribution is 2.12. The van der Waals surface area contributed by atoms with Gasteiger partial charge in [0, 0.05) is 5.56 Å². The molecule has 1 nitrogen and oxygen atoms in total. The maximum absolute atomic E-state index is 10.8. The first-order valence-electron chi connectivity index (χ1n) is 5.58. The molecule has 2 aromatic carbocycles. The van der Waals surface area contributed by atoms with Crippen molar-refractivity contribution in [3.05, 3.63) is 70.8 Å². The van der Waals surface area contributed by atoms with Crippen LogP contribution in [0.1, 0.15) is 27.0 Å². The van der Waals surface area contributed by atoms with Crippen LogP contribution in [0, 0.1) is 6.92 Å². The summed E-state index contributed by atoms with van der Waals surface area (Å²) in [5.74, 6) is 0. The van der Waals surface area contributed by atoms with E-state index in [9.17, 15) is 4.79 Å². The fraction of sp³-hybridized carbons (Fsp3) is 0.0625. The monoisotopic (exact) mass is 222 g/mol. The molecule has 1 heteroatoms. The number of carbonyl (C=O) groups is 1. The van der Waals surface area contributed by atoms with Gasteiger partial charge in [-0.15, -0.1) is 0 Å². The average Bonchev–Trinajstić information content (AvgIpc) is 2.37. The van der Waals surface area contributed by atoms with Crippen LogP contribution >= 0.6 is 0 Å². The van der Waals surface area contributed by atoms with Crippen molar-refractivity contribution in [1.29, 1.82) is 0 Å².